The molecule has 0 bridgehead atoms. The lowest BCUT2D eigenvalue weighted by molar-refractivity contribution is -0.144. The molecule has 0 unspecified atom stereocenters. The van der Waals surface area contributed by atoms with Crippen molar-refractivity contribution >= 4 is 11.9 Å². The minimum absolute atomic E-state index is 0.205. The van der Waals surface area contributed by atoms with E-state index >= 15 is 0 Å². The Morgan fingerprint density at radius 1 is 1.26 bits per heavy atom. The van der Waals surface area contributed by atoms with Crippen molar-refractivity contribution in [2.75, 3.05) is 26.8 Å². The van der Waals surface area contributed by atoms with Gasteiger partial charge in [0.1, 0.15) is 6.54 Å². The summed E-state index contributed by atoms with van der Waals surface area (Å²) in [6, 6.07) is 7.61. The second kappa shape index (κ2) is 7.53. The second-order valence-corrected chi connectivity index (χ2v) is 4.36. The lowest BCUT2D eigenvalue weighted by Gasteiger charge is -2.20. The summed E-state index contributed by atoms with van der Waals surface area (Å²) in [5.74, 6) is -1.23. The normalized spacial score (nSPS) is 10.2. The standard InChI is InChI=1S/C14H19NO4/c1-11-3-5-12(6-4-11)9-13(16)15(7-8-19-2)10-14(17)18/h3-6H,7-10H2,1-2H3,(H,17,18). The van der Waals surface area contributed by atoms with E-state index in [2.05, 4.69) is 0 Å². The molecule has 0 aromatic heterocycles. The van der Waals surface area contributed by atoms with Gasteiger partial charge in [0, 0.05) is 13.7 Å². The van der Waals surface area contributed by atoms with Crippen LogP contribution in [0.15, 0.2) is 24.3 Å². The summed E-state index contributed by atoms with van der Waals surface area (Å²) in [6.07, 6.45) is 0.206. The highest BCUT2D eigenvalue weighted by atomic mass is 16.5. The van der Waals surface area contributed by atoms with Gasteiger partial charge in [0.05, 0.1) is 13.0 Å². The maximum absolute atomic E-state index is 12.0. The molecule has 1 N–H and O–H groups in total. The zero-order valence-corrected chi connectivity index (χ0v) is 11.3. The lowest BCUT2D eigenvalue weighted by Crippen LogP contribution is -2.38. The summed E-state index contributed by atoms with van der Waals surface area (Å²) in [7, 11) is 1.52. The molecule has 1 aromatic carbocycles. The van der Waals surface area contributed by atoms with Crippen molar-refractivity contribution in [3.8, 4) is 0 Å². The highest BCUT2D eigenvalue weighted by Crippen LogP contribution is 2.06. The number of benzene rings is 1. The predicted molar refractivity (Wildman–Crippen MR) is 71.0 cm³/mol. The van der Waals surface area contributed by atoms with Crippen LogP contribution in [0.1, 0.15) is 11.1 Å². The maximum atomic E-state index is 12.0. The third-order valence-corrected chi connectivity index (χ3v) is 2.72. The molecule has 0 spiro atoms. The van der Waals surface area contributed by atoms with E-state index in [1.54, 1.807) is 0 Å². The molecule has 104 valence electrons. The van der Waals surface area contributed by atoms with Crippen LogP contribution in [0.5, 0.6) is 0 Å². The molecular weight excluding hydrogens is 246 g/mol. The van der Waals surface area contributed by atoms with Crippen LogP contribution in [0, 0.1) is 6.92 Å². The molecule has 1 aromatic rings. The van der Waals surface area contributed by atoms with Gasteiger partial charge in [0.2, 0.25) is 5.91 Å². The van der Waals surface area contributed by atoms with Crippen molar-refractivity contribution in [2.24, 2.45) is 0 Å². The van der Waals surface area contributed by atoms with E-state index in [0.717, 1.165) is 11.1 Å². The van der Waals surface area contributed by atoms with Gasteiger partial charge in [0.15, 0.2) is 0 Å². The maximum Gasteiger partial charge on any atom is 0.323 e. The van der Waals surface area contributed by atoms with Gasteiger partial charge in [0.25, 0.3) is 0 Å². The molecule has 19 heavy (non-hydrogen) atoms. The van der Waals surface area contributed by atoms with Crippen molar-refractivity contribution in [1.82, 2.24) is 4.90 Å². The minimum Gasteiger partial charge on any atom is -0.480 e. The summed E-state index contributed by atoms with van der Waals surface area (Å²) in [6.45, 7) is 2.29. The Labute approximate surface area is 112 Å². The van der Waals surface area contributed by atoms with E-state index in [1.807, 2.05) is 31.2 Å². The number of nitrogens with zero attached hydrogens (tertiary/aromatic N) is 1. The molecule has 0 heterocycles. The summed E-state index contributed by atoms with van der Waals surface area (Å²) in [5, 5.41) is 8.80. The molecule has 0 fully saturated rings. The molecule has 0 aliphatic heterocycles. The number of carboxylic acids is 1. The Hall–Kier alpha value is -1.88. The molecular formula is C14H19NO4. The van der Waals surface area contributed by atoms with E-state index in [4.69, 9.17) is 9.84 Å². The number of aliphatic carboxylic acids is 1. The first-order chi connectivity index (χ1) is 9.02. The summed E-state index contributed by atoms with van der Waals surface area (Å²) in [5.41, 5.74) is 2.00. The first-order valence-corrected chi connectivity index (χ1v) is 6.07. The number of carbonyl (C=O) groups excluding carboxylic acids is 1. The third-order valence-electron chi connectivity index (χ3n) is 2.72. The van der Waals surface area contributed by atoms with Gasteiger partial charge < -0.3 is 14.7 Å². The van der Waals surface area contributed by atoms with Crippen LogP contribution in [0.4, 0.5) is 0 Å². The van der Waals surface area contributed by atoms with Crippen molar-refractivity contribution in [3.05, 3.63) is 35.4 Å². The predicted octanol–water partition coefficient (Wildman–Crippen LogP) is 1.10. The van der Waals surface area contributed by atoms with Crippen molar-refractivity contribution in [1.29, 1.82) is 0 Å². The smallest absolute Gasteiger partial charge is 0.323 e. The fraction of sp³-hybridized carbons (Fsp3) is 0.429. The van der Waals surface area contributed by atoms with Gasteiger partial charge in [-0.05, 0) is 12.5 Å². The quantitative estimate of drug-likeness (QED) is 0.801. The Kier molecular flexibility index (Phi) is 6.02. The van der Waals surface area contributed by atoms with E-state index in [1.165, 1.54) is 12.0 Å². The Morgan fingerprint density at radius 3 is 2.42 bits per heavy atom. The number of carbonyl (C=O) groups is 2. The van der Waals surface area contributed by atoms with E-state index in [0.29, 0.717) is 6.61 Å². The zero-order chi connectivity index (χ0) is 14.3. The molecule has 0 radical (unpaired) electrons. The molecule has 0 saturated heterocycles. The van der Waals surface area contributed by atoms with Crippen LogP contribution in [0.3, 0.4) is 0 Å². The van der Waals surface area contributed by atoms with Gasteiger partial charge >= 0.3 is 5.97 Å². The third kappa shape index (κ3) is 5.52. The highest BCUT2D eigenvalue weighted by Gasteiger charge is 2.16. The van der Waals surface area contributed by atoms with Gasteiger partial charge in [-0.25, -0.2) is 0 Å². The number of methoxy groups -OCH3 is 1. The van der Waals surface area contributed by atoms with Crippen molar-refractivity contribution < 1.29 is 19.4 Å². The molecule has 1 rings (SSSR count). The highest BCUT2D eigenvalue weighted by molar-refractivity contribution is 5.83. The number of hydrogen-bond acceptors (Lipinski definition) is 3. The second-order valence-electron chi connectivity index (χ2n) is 4.36. The SMILES string of the molecule is COCCN(CC(=O)O)C(=O)Cc1ccc(C)cc1. The number of amides is 1. The first-order valence-electron chi connectivity index (χ1n) is 6.07. The van der Waals surface area contributed by atoms with Gasteiger partial charge in [-0.3, -0.25) is 9.59 Å². The van der Waals surface area contributed by atoms with Crippen molar-refractivity contribution in [3.63, 3.8) is 0 Å². The van der Waals surface area contributed by atoms with E-state index in [-0.39, 0.29) is 25.4 Å². The molecule has 0 aliphatic rings. The topological polar surface area (TPSA) is 66.8 Å². The monoisotopic (exact) mass is 265 g/mol. The Bertz CT molecular complexity index is 428. The molecule has 0 atom stereocenters. The van der Waals surface area contributed by atoms with Crippen LogP contribution in [0.25, 0.3) is 0 Å². The summed E-state index contributed by atoms with van der Waals surface area (Å²) < 4.78 is 4.88. The number of ether oxygens (including phenoxy) is 1. The molecule has 0 saturated carbocycles. The number of aryl methyl sites for hydroxylation is 1. The summed E-state index contributed by atoms with van der Waals surface area (Å²) in [4.78, 5) is 24.1. The average molecular weight is 265 g/mol. The van der Waals surface area contributed by atoms with Crippen LogP contribution in [-0.2, 0) is 20.7 Å². The van der Waals surface area contributed by atoms with Crippen LogP contribution >= 0.6 is 0 Å². The summed E-state index contributed by atoms with van der Waals surface area (Å²) >= 11 is 0. The van der Waals surface area contributed by atoms with Gasteiger partial charge in [-0.2, -0.15) is 0 Å². The average Bonchev–Trinajstić information content (AvgIpc) is 2.36. The van der Waals surface area contributed by atoms with Crippen LogP contribution < -0.4 is 0 Å². The van der Waals surface area contributed by atoms with Gasteiger partial charge in [-0.15, -0.1) is 0 Å². The number of rotatable bonds is 7. The fourth-order valence-electron chi connectivity index (χ4n) is 1.65. The van der Waals surface area contributed by atoms with Gasteiger partial charge in [-0.1, -0.05) is 29.8 Å². The molecule has 0 aliphatic carbocycles. The largest absolute Gasteiger partial charge is 0.480 e. The van der Waals surface area contributed by atoms with Crippen LogP contribution in [0.2, 0.25) is 0 Å². The Morgan fingerprint density at radius 2 is 1.89 bits per heavy atom. The number of carboxylic acid groups (broad SMARTS) is 1. The van der Waals surface area contributed by atoms with E-state index in [9.17, 15) is 9.59 Å². The number of hydrogen-bond donors (Lipinski definition) is 1. The molecule has 1 amide bonds. The molecule has 5 nitrogen and oxygen atoms in total. The first kappa shape index (κ1) is 15.2. The molecule has 5 heteroatoms. The minimum atomic E-state index is -1.02. The van der Waals surface area contributed by atoms with E-state index < -0.39 is 5.97 Å². The van der Waals surface area contributed by atoms with Crippen molar-refractivity contribution in [2.45, 2.75) is 13.3 Å². The fourth-order valence-corrected chi connectivity index (χ4v) is 1.65. The lowest BCUT2D eigenvalue weighted by atomic mass is 10.1. The zero-order valence-electron chi connectivity index (χ0n) is 11.3. The van der Waals surface area contributed by atoms with Crippen LogP contribution in [-0.4, -0.2) is 48.7 Å². The Balaban J connectivity index is 2.64.